The van der Waals surface area contributed by atoms with Gasteiger partial charge in [-0.15, -0.1) is 12.6 Å². The zero-order valence-electron chi connectivity index (χ0n) is 17.1. The predicted molar refractivity (Wildman–Crippen MR) is 119 cm³/mol. The number of hydrogen-bond donors (Lipinski definition) is 1. The normalized spacial score (nSPS) is 12.2. The topological polar surface area (TPSA) is 9.23 Å². The van der Waals surface area contributed by atoms with E-state index < -0.39 is 0 Å². The number of thiol groups is 1. The molecule has 26 heavy (non-hydrogen) atoms. The summed E-state index contributed by atoms with van der Waals surface area (Å²) in [6.45, 7) is 2.29. The molecule has 0 radical (unpaired) electrons. The van der Waals surface area contributed by atoms with Crippen LogP contribution in [-0.4, -0.2) is 5.44 Å². The first-order valence-electron chi connectivity index (χ1n) is 11.2. The van der Waals surface area contributed by atoms with Crippen molar-refractivity contribution >= 4 is 12.6 Å². The molecule has 0 N–H and O–H groups in total. The maximum atomic E-state index is 5.80. The highest BCUT2D eigenvalue weighted by molar-refractivity contribution is 7.80. The van der Waals surface area contributed by atoms with Gasteiger partial charge in [-0.1, -0.05) is 115 Å². The molecule has 1 atom stereocenters. The van der Waals surface area contributed by atoms with Crippen molar-refractivity contribution in [3.05, 3.63) is 30.3 Å². The fourth-order valence-electron chi connectivity index (χ4n) is 3.41. The van der Waals surface area contributed by atoms with E-state index >= 15 is 0 Å². The number of unbranched alkanes of at least 4 members (excludes halogenated alkanes) is 14. The molecular weight excluding hydrogens is 336 g/mol. The van der Waals surface area contributed by atoms with Gasteiger partial charge in [0.2, 0.25) is 0 Å². The van der Waals surface area contributed by atoms with Gasteiger partial charge in [0.15, 0.2) is 0 Å². The van der Waals surface area contributed by atoms with Crippen molar-refractivity contribution in [3.63, 3.8) is 0 Å². The van der Waals surface area contributed by atoms with E-state index in [0.717, 1.165) is 12.2 Å². The summed E-state index contributed by atoms with van der Waals surface area (Å²) in [5, 5.41) is 0. The highest BCUT2D eigenvalue weighted by Crippen LogP contribution is 2.18. The molecule has 1 rings (SSSR count). The minimum Gasteiger partial charge on any atom is -0.480 e. The molecule has 150 valence electrons. The van der Waals surface area contributed by atoms with E-state index in [9.17, 15) is 0 Å². The molecule has 0 saturated carbocycles. The van der Waals surface area contributed by atoms with Gasteiger partial charge < -0.3 is 4.74 Å². The van der Waals surface area contributed by atoms with Crippen LogP contribution in [0.1, 0.15) is 110 Å². The Morgan fingerprint density at radius 2 is 1.08 bits per heavy atom. The van der Waals surface area contributed by atoms with Crippen LogP contribution in [0.4, 0.5) is 0 Å². The molecule has 0 aliphatic carbocycles. The molecule has 0 bridgehead atoms. The summed E-state index contributed by atoms with van der Waals surface area (Å²) in [5.41, 5.74) is 0.0272. The van der Waals surface area contributed by atoms with Crippen molar-refractivity contribution in [1.82, 2.24) is 0 Å². The highest BCUT2D eigenvalue weighted by Gasteiger charge is 2.04. The summed E-state index contributed by atoms with van der Waals surface area (Å²) in [5.74, 6) is 0.924. The number of ether oxygens (including phenoxy) is 1. The van der Waals surface area contributed by atoms with Crippen LogP contribution in [0.15, 0.2) is 30.3 Å². The Hall–Kier alpha value is -0.630. The van der Waals surface area contributed by atoms with Crippen LogP contribution >= 0.6 is 12.6 Å². The molecule has 1 unspecified atom stereocenters. The van der Waals surface area contributed by atoms with E-state index in [4.69, 9.17) is 4.74 Å². The van der Waals surface area contributed by atoms with Gasteiger partial charge in [-0.2, -0.15) is 0 Å². The van der Waals surface area contributed by atoms with Gasteiger partial charge in [0.1, 0.15) is 11.2 Å². The van der Waals surface area contributed by atoms with E-state index in [2.05, 4.69) is 19.6 Å². The standard InChI is InChI=1S/C24H42OS/c1-2-3-4-5-6-7-8-9-10-11-12-13-14-15-19-22-24(26)25-23-20-17-16-18-21-23/h16-18,20-21,24,26H,2-15,19,22H2,1H3. The molecule has 0 spiro atoms. The highest BCUT2D eigenvalue weighted by atomic mass is 32.1. The van der Waals surface area contributed by atoms with Gasteiger partial charge in [0.05, 0.1) is 0 Å². The third-order valence-electron chi connectivity index (χ3n) is 5.07. The molecule has 1 aromatic rings. The lowest BCUT2D eigenvalue weighted by Crippen LogP contribution is -2.08. The summed E-state index contributed by atoms with van der Waals surface area (Å²) in [4.78, 5) is 0. The van der Waals surface area contributed by atoms with Crippen molar-refractivity contribution in [2.24, 2.45) is 0 Å². The average molecular weight is 379 g/mol. The summed E-state index contributed by atoms with van der Waals surface area (Å²) in [6.07, 6.45) is 22.1. The summed E-state index contributed by atoms with van der Waals surface area (Å²) in [7, 11) is 0. The fraction of sp³-hybridized carbons (Fsp3) is 0.750. The minimum atomic E-state index is 0.0272. The van der Waals surface area contributed by atoms with Crippen LogP contribution in [0.5, 0.6) is 5.75 Å². The Bertz CT molecular complexity index is 392. The second-order valence-corrected chi connectivity index (χ2v) is 8.20. The zero-order chi connectivity index (χ0) is 18.7. The molecule has 2 heteroatoms. The van der Waals surface area contributed by atoms with Crippen LogP contribution < -0.4 is 4.74 Å². The van der Waals surface area contributed by atoms with Crippen LogP contribution in [-0.2, 0) is 0 Å². The van der Waals surface area contributed by atoms with Crippen molar-refractivity contribution < 1.29 is 4.74 Å². The lowest BCUT2D eigenvalue weighted by atomic mass is 10.0. The van der Waals surface area contributed by atoms with E-state index in [1.54, 1.807) is 0 Å². The largest absolute Gasteiger partial charge is 0.480 e. The van der Waals surface area contributed by atoms with E-state index in [-0.39, 0.29) is 5.44 Å². The Labute approximate surface area is 168 Å². The molecule has 0 amide bonds. The Kier molecular flexibility index (Phi) is 16.0. The third-order valence-corrected chi connectivity index (χ3v) is 5.43. The third kappa shape index (κ3) is 14.5. The van der Waals surface area contributed by atoms with Gasteiger partial charge in [-0.3, -0.25) is 0 Å². The Balaban J connectivity index is 1.77. The van der Waals surface area contributed by atoms with Gasteiger partial charge in [-0.05, 0) is 25.0 Å². The van der Waals surface area contributed by atoms with Crippen molar-refractivity contribution in [2.75, 3.05) is 0 Å². The summed E-state index contributed by atoms with van der Waals surface area (Å²) in [6, 6.07) is 10.0. The maximum Gasteiger partial charge on any atom is 0.141 e. The fourth-order valence-corrected chi connectivity index (χ4v) is 3.71. The lowest BCUT2D eigenvalue weighted by molar-refractivity contribution is 0.273. The van der Waals surface area contributed by atoms with Crippen LogP contribution in [0.2, 0.25) is 0 Å². The van der Waals surface area contributed by atoms with Crippen LogP contribution in [0.3, 0.4) is 0 Å². The molecule has 0 aromatic heterocycles. The SMILES string of the molecule is CCCCCCCCCCCCCCCCCC(S)Oc1ccccc1. The Morgan fingerprint density at radius 3 is 1.54 bits per heavy atom. The van der Waals surface area contributed by atoms with Crippen molar-refractivity contribution in [2.45, 2.75) is 115 Å². The second kappa shape index (κ2) is 17.8. The molecular formula is C24H42OS. The number of rotatable bonds is 18. The van der Waals surface area contributed by atoms with Crippen LogP contribution in [0, 0.1) is 0 Å². The van der Waals surface area contributed by atoms with Crippen molar-refractivity contribution in [1.29, 1.82) is 0 Å². The average Bonchev–Trinajstić information content (AvgIpc) is 2.65. The molecule has 1 nitrogen and oxygen atoms in total. The summed E-state index contributed by atoms with van der Waals surface area (Å²) >= 11 is 4.54. The molecule has 0 aliphatic heterocycles. The first kappa shape index (κ1) is 23.4. The second-order valence-electron chi connectivity index (χ2n) is 7.62. The monoisotopic (exact) mass is 378 g/mol. The first-order chi connectivity index (χ1) is 12.8. The Morgan fingerprint density at radius 1 is 0.654 bits per heavy atom. The van der Waals surface area contributed by atoms with E-state index in [1.165, 1.54) is 96.3 Å². The minimum absolute atomic E-state index is 0.0272. The van der Waals surface area contributed by atoms with Gasteiger partial charge in [0, 0.05) is 0 Å². The number of hydrogen-bond acceptors (Lipinski definition) is 2. The van der Waals surface area contributed by atoms with Gasteiger partial charge >= 0.3 is 0 Å². The number of para-hydroxylation sites is 1. The first-order valence-corrected chi connectivity index (χ1v) is 11.7. The van der Waals surface area contributed by atoms with Gasteiger partial charge in [-0.25, -0.2) is 0 Å². The maximum absolute atomic E-state index is 5.80. The molecule has 0 fully saturated rings. The van der Waals surface area contributed by atoms with E-state index in [1.807, 2.05) is 30.3 Å². The summed E-state index contributed by atoms with van der Waals surface area (Å²) < 4.78 is 5.80. The molecule has 0 heterocycles. The van der Waals surface area contributed by atoms with Gasteiger partial charge in [0.25, 0.3) is 0 Å². The zero-order valence-corrected chi connectivity index (χ0v) is 18.0. The smallest absolute Gasteiger partial charge is 0.141 e. The molecule has 0 aliphatic rings. The lowest BCUT2D eigenvalue weighted by Gasteiger charge is -2.13. The molecule has 0 saturated heterocycles. The molecule has 1 aromatic carbocycles. The van der Waals surface area contributed by atoms with Crippen LogP contribution in [0.25, 0.3) is 0 Å². The predicted octanol–water partition coefficient (Wildman–Crippen LogP) is 8.58. The van der Waals surface area contributed by atoms with E-state index in [0.29, 0.717) is 0 Å². The van der Waals surface area contributed by atoms with Crippen molar-refractivity contribution in [3.8, 4) is 5.75 Å². The quantitative estimate of drug-likeness (QED) is 0.153. The number of benzene rings is 1.